The molecule has 0 radical (unpaired) electrons. The molecule has 15 nitrogen and oxygen atoms in total. The largest absolute Gasteiger partial charge is 0.477 e. The Morgan fingerprint density at radius 1 is 1.13 bits per heavy atom. The number of allylic oxidation sites excluding steroid dienone is 1. The van der Waals surface area contributed by atoms with Crippen molar-refractivity contribution in [2.75, 3.05) is 13.2 Å². The number of nitrogens with one attached hydrogen (secondary N) is 3. The van der Waals surface area contributed by atoms with Crippen LogP contribution in [-0.4, -0.2) is 107 Å². The highest BCUT2D eigenvalue weighted by Gasteiger charge is 2.63. The molecule has 0 spiro atoms. The average molecular weight is 860 g/mol. The van der Waals surface area contributed by atoms with E-state index in [1.165, 1.54) is 4.90 Å². The predicted molar refractivity (Wildman–Crippen MR) is 215 cm³/mol. The molecule has 0 bridgehead atoms. The number of pyridine rings is 1. The topological polar surface area (TPSA) is 192 Å². The Balaban J connectivity index is 1.25. The highest BCUT2D eigenvalue weighted by molar-refractivity contribution is 7.91. The van der Waals surface area contributed by atoms with Crippen LogP contribution in [0.3, 0.4) is 0 Å². The zero-order chi connectivity index (χ0) is 43.4. The van der Waals surface area contributed by atoms with Crippen molar-refractivity contribution < 1.29 is 55.3 Å². The highest BCUT2D eigenvalue weighted by atomic mass is 32.2. The molecule has 3 aliphatic heterocycles. The molecule has 4 heterocycles. The summed E-state index contributed by atoms with van der Waals surface area (Å²) in [5.74, 6) is -5.77. The van der Waals surface area contributed by atoms with E-state index in [1.807, 2.05) is 30.3 Å². The summed E-state index contributed by atoms with van der Waals surface area (Å²) >= 11 is 0. The normalized spacial score (nSPS) is 29.9. The van der Waals surface area contributed by atoms with Gasteiger partial charge in [0.2, 0.25) is 33.6 Å². The Labute approximate surface area is 348 Å². The SMILES string of the molecule is CC[C@@H]1O[C@@H](C)CC/C=C\[C@@H]2C[C@@]2(C(=O)NS(=O)(=O)C2(C)CC2)NC(=O)[C@@H]2C[C@@H](Oc3nc4c(c5ccccc35)CCCO4)CN2C(=O)[C@H]1NC(=O)OC(C)(C)C(C)(F)F. The minimum absolute atomic E-state index is 0.0968. The molecule has 5 aliphatic rings. The number of sulfonamides is 1. The summed E-state index contributed by atoms with van der Waals surface area (Å²) in [5.41, 5.74) is -2.96. The fraction of sp³-hybridized carbons (Fsp3) is 0.643. The van der Waals surface area contributed by atoms with Crippen LogP contribution >= 0.6 is 0 Å². The number of aromatic nitrogens is 1. The molecule has 328 valence electrons. The first-order valence-corrected chi connectivity index (χ1v) is 22.3. The van der Waals surface area contributed by atoms with Gasteiger partial charge in [0.05, 0.1) is 30.1 Å². The van der Waals surface area contributed by atoms with Gasteiger partial charge in [0.25, 0.3) is 11.8 Å². The summed E-state index contributed by atoms with van der Waals surface area (Å²) in [4.78, 5) is 63.0. The monoisotopic (exact) mass is 859 g/mol. The van der Waals surface area contributed by atoms with Gasteiger partial charge >= 0.3 is 6.09 Å². The van der Waals surface area contributed by atoms with Crippen molar-refractivity contribution in [2.24, 2.45) is 5.92 Å². The van der Waals surface area contributed by atoms with Crippen LogP contribution in [0, 0.1) is 5.92 Å². The molecule has 2 saturated carbocycles. The van der Waals surface area contributed by atoms with Gasteiger partial charge in [-0.05, 0) is 90.5 Å². The molecule has 60 heavy (non-hydrogen) atoms. The standard InChI is InChI=1S/C42H55F2N5O10S/c1-7-31-32(45-38(53)59-39(3,4)41(6,43)44)36(51)49-23-26(58-35-29-16-11-10-15-27(29)28-17-12-20-56-34(28)46-35)21-30(49)33(50)47-42(22-25(42)14-9-8-13-24(2)57-31)37(52)48-60(54,55)40(5)18-19-40/h9-11,14-16,24-26,30-32H,7-8,12-13,17-23H2,1-6H3,(H,45,53)(H,47,50)(H,48,52)/b14-9-/t24-,25+,26+,30-,31-,32-,42+/m0/s1. The van der Waals surface area contributed by atoms with Gasteiger partial charge < -0.3 is 34.5 Å². The number of fused-ring (bicyclic) bond motifs is 5. The Kier molecular flexibility index (Phi) is 11.6. The lowest BCUT2D eigenvalue weighted by Crippen LogP contribution is -2.61. The van der Waals surface area contributed by atoms with E-state index in [0.29, 0.717) is 50.5 Å². The summed E-state index contributed by atoms with van der Waals surface area (Å²) in [5, 5.41) is 6.91. The maximum Gasteiger partial charge on any atom is 0.408 e. The van der Waals surface area contributed by atoms with Crippen LogP contribution in [0.1, 0.15) is 98.5 Å². The maximum absolute atomic E-state index is 15.0. The van der Waals surface area contributed by atoms with E-state index in [-0.39, 0.29) is 31.7 Å². The number of hydrogen-bond acceptors (Lipinski definition) is 11. The molecule has 3 fully saturated rings. The number of nitrogens with zero attached hydrogens (tertiary/aromatic N) is 2. The van der Waals surface area contributed by atoms with Gasteiger partial charge in [0.1, 0.15) is 23.7 Å². The van der Waals surface area contributed by atoms with Crippen molar-refractivity contribution in [3.05, 3.63) is 42.0 Å². The molecule has 3 N–H and O–H groups in total. The molecule has 7 atom stereocenters. The van der Waals surface area contributed by atoms with Crippen molar-refractivity contribution in [3.8, 4) is 11.8 Å². The summed E-state index contributed by atoms with van der Waals surface area (Å²) in [6, 6.07) is 4.70. The highest BCUT2D eigenvalue weighted by Crippen LogP contribution is 2.48. The van der Waals surface area contributed by atoms with E-state index in [4.69, 9.17) is 23.9 Å². The Morgan fingerprint density at radius 3 is 2.53 bits per heavy atom. The Morgan fingerprint density at radius 2 is 1.85 bits per heavy atom. The molecule has 1 aromatic heterocycles. The molecule has 0 unspecified atom stereocenters. The second-order valence-electron chi connectivity index (χ2n) is 17.6. The van der Waals surface area contributed by atoms with E-state index < -0.39 is 92.0 Å². The molecule has 18 heteroatoms. The van der Waals surface area contributed by atoms with Gasteiger partial charge in [-0.15, -0.1) is 0 Å². The zero-order valence-electron chi connectivity index (χ0n) is 34.8. The molecule has 1 aromatic carbocycles. The number of benzene rings is 1. The number of carbonyl (C=O) groups excluding carboxylic acids is 4. The minimum atomic E-state index is -4.07. The van der Waals surface area contributed by atoms with Crippen molar-refractivity contribution in [2.45, 2.75) is 152 Å². The second-order valence-corrected chi connectivity index (χ2v) is 19.8. The van der Waals surface area contributed by atoms with E-state index in [2.05, 4.69) is 15.4 Å². The van der Waals surface area contributed by atoms with E-state index >= 15 is 0 Å². The number of aryl methyl sites for hydroxylation is 1. The third kappa shape index (κ3) is 8.50. The first-order valence-electron chi connectivity index (χ1n) is 20.8. The number of alkyl carbamates (subject to hydrolysis) is 1. The van der Waals surface area contributed by atoms with E-state index in [0.717, 1.165) is 37.6 Å². The van der Waals surface area contributed by atoms with Crippen LogP contribution in [0.15, 0.2) is 36.4 Å². The second kappa shape index (κ2) is 16.0. The average Bonchev–Trinajstić information content (AvgIpc) is 4.07. The van der Waals surface area contributed by atoms with Crippen LogP contribution in [0.25, 0.3) is 10.8 Å². The third-order valence-electron chi connectivity index (χ3n) is 12.7. The van der Waals surface area contributed by atoms with Gasteiger partial charge in [-0.25, -0.2) is 22.0 Å². The first-order chi connectivity index (χ1) is 28.2. The summed E-state index contributed by atoms with van der Waals surface area (Å²) in [6.07, 6.45) is 3.46. The first kappa shape index (κ1) is 43.5. The molecule has 7 rings (SSSR count). The number of carbonyl (C=O) groups is 4. The summed E-state index contributed by atoms with van der Waals surface area (Å²) in [6.45, 7) is 8.07. The van der Waals surface area contributed by atoms with E-state index in [9.17, 15) is 36.4 Å². The van der Waals surface area contributed by atoms with Crippen LogP contribution in [0.2, 0.25) is 0 Å². The molecular formula is C42H55F2N5O10S. The lowest BCUT2D eigenvalue weighted by atomic mass is 10.0. The van der Waals surface area contributed by atoms with Gasteiger partial charge in [-0.2, -0.15) is 4.98 Å². The maximum atomic E-state index is 15.0. The summed E-state index contributed by atoms with van der Waals surface area (Å²) < 4.78 is 80.6. The number of alkyl halides is 2. The van der Waals surface area contributed by atoms with Crippen molar-refractivity contribution in [1.82, 2.24) is 25.2 Å². The van der Waals surface area contributed by atoms with Crippen molar-refractivity contribution in [1.29, 1.82) is 0 Å². The third-order valence-corrected chi connectivity index (χ3v) is 14.9. The molecular weight excluding hydrogens is 805 g/mol. The fourth-order valence-corrected chi connectivity index (χ4v) is 9.39. The number of hydrogen-bond donors (Lipinski definition) is 3. The van der Waals surface area contributed by atoms with Gasteiger partial charge in [0, 0.05) is 30.2 Å². The lowest BCUT2D eigenvalue weighted by molar-refractivity contribution is -0.153. The minimum Gasteiger partial charge on any atom is -0.477 e. The lowest BCUT2D eigenvalue weighted by Gasteiger charge is -2.35. The molecule has 2 aliphatic carbocycles. The van der Waals surface area contributed by atoms with Crippen molar-refractivity contribution >= 4 is 44.6 Å². The summed E-state index contributed by atoms with van der Waals surface area (Å²) in [7, 11) is -4.07. The number of halogens is 2. The van der Waals surface area contributed by atoms with Crippen LogP contribution in [0.4, 0.5) is 13.6 Å². The Bertz CT molecular complexity index is 2180. The fourth-order valence-electron chi connectivity index (χ4n) is 8.07. The van der Waals surface area contributed by atoms with Gasteiger partial charge in [0.15, 0.2) is 5.60 Å². The van der Waals surface area contributed by atoms with Gasteiger partial charge in [-0.3, -0.25) is 19.1 Å². The predicted octanol–water partition coefficient (Wildman–Crippen LogP) is 4.84. The number of ether oxygens (including phenoxy) is 4. The smallest absolute Gasteiger partial charge is 0.408 e. The molecule has 1 saturated heterocycles. The molecule has 2 aromatic rings. The zero-order valence-corrected chi connectivity index (χ0v) is 35.7. The Hall–Kier alpha value is -4.58. The molecule has 4 amide bonds. The van der Waals surface area contributed by atoms with Crippen LogP contribution < -0.4 is 24.8 Å². The number of rotatable bonds is 9. The van der Waals surface area contributed by atoms with Crippen molar-refractivity contribution in [3.63, 3.8) is 0 Å². The van der Waals surface area contributed by atoms with Crippen LogP contribution in [-0.2, 0) is 40.3 Å². The van der Waals surface area contributed by atoms with E-state index in [1.54, 1.807) is 26.8 Å². The van der Waals surface area contributed by atoms with Gasteiger partial charge in [-0.1, -0.05) is 37.3 Å². The number of amides is 4. The van der Waals surface area contributed by atoms with Crippen LogP contribution in [0.5, 0.6) is 11.8 Å². The quantitative estimate of drug-likeness (QED) is 0.293.